The van der Waals surface area contributed by atoms with Crippen LogP contribution in [0.3, 0.4) is 0 Å². The highest BCUT2D eigenvalue weighted by Gasteiger charge is 2.26. The van der Waals surface area contributed by atoms with Crippen molar-refractivity contribution in [3.63, 3.8) is 0 Å². The van der Waals surface area contributed by atoms with Crippen molar-refractivity contribution in [1.82, 2.24) is 45.1 Å². The molecule has 0 atom stereocenters. The Balaban J connectivity index is 1.86. The zero-order valence-corrected chi connectivity index (χ0v) is 15.8. The van der Waals surface area contributed by atoms with Crippen molar-refractivity contribution >= 4 is 33.9 Å². The summed E-state index contributed by atoms with van der Waals surface area (Å²) in [5, 5.41) is 35.0. The Hall–Kier alpha value is -4.36. The predicted octanol–water partition coefficient (Wildman–Crippen LogP) is 2.90. The van der Waals surface area contributed by atoms with Gasteiger partial charge in [-0.2, -0.15) is 14.3 Å². The summed E-state index contributed by atoms with van der Waals surface area (Å²) >= 11 is 6.32. The molecule has 0 spiro atoms. The maximum absolute atomic E-state index is 10.0. The van der Waals surface area contributed by atoms with Gasteiger partial charge in [0.1, 0.15) is 17.3 Å². The Labute approximate surface area is 172 Å². The Morgan fingerprint density at radius 2 is 1.77 bits per heavy atom. The van der Waals surface area contributed by atoms with E-state index < -0.39 is 0 Å². The first-order chi connectivity index (χ1) is 14.8. The lowest BCUT2D eigenvalue weighted by Crippen LogP contribution is -2.06. The lowest BCUT2D eigenvalue weighted by atomic mass is 9.99. The number of benzene rings is 2. The van der Waals surface area contributed by atoms with E-state index in [0.717, 1.165) is 27.7 Å². The first-order valence-electron chi connectivity index (χ1n) is 8.85. The summed E-state index contributed by atoms with van der Waals surface area (Å²) in [7, 11) is 0. The molecule has 0 fully saturated rings. The third-order valence-electron chi connectivity index (χ3n) is 4.96. The van der Waals surface area contributed by atoms with E-state index in [9.17, 15) is 5.26 Å². The molecule has 4 heterocycles. The zero-order chi connectivity index (χ0) is 20.2. The number of nitrogens with one attached hydrogen (secondary N) is 1. The molecule has 0 bridgehead atoms. The van der Waals surface area contributed by atoms with Crippen LogP contribution in [-0.2, 0) is 0 Å². The second-order valence-electron chi connectivity index (χ2n) is 6.57. The van der Waals surface area contributed by atoms with Crippen LogP contribution < -0.4 is 0 Å². The molecule has 0 amide bonds. The SMILES string of the molecule is N#Cc1c(-c2c(-c3ccccc3)[nH]c3ccc(Cl)cc23)n2nnnc2n2nnnc12. The maximum Gasteiger partial charge on any atom is 0.278 e. The van der Waals surface area contributed by atoms with Crippen molar-refractivity contribution in [3.05, 3.63) is 59.1 Å². The molecule has 142 valence electrons. The van der Waals surface area contributed by atoms with Crippen molar-refractivity contribution in [2.45, 2.75) is 0 Å². The monoisotopic (exact) mass is 412 g/mol. The number of fused-ring (bicyclic) bond motifs is 4. The highest BCUT2D eigenvalue weighted by atomic mass is 35.5. The summed E-state index contributed by atoms with van der Waals surface area (Å²) in [6.45, 7) is 0. The second-order valence-corrected chi connectivity index (χ2v) is 7.01. The van der Waals surface area contributed by atoms with Gasteiger partial charge in [0.2, 0.25) is 5.65 Å². The number of nitrogens with zero attached hydrogens (tertiary/aromatic N) is 9. The minimum absolute atomic E-state index is 0.248. The fraction of sp³-hybridized carbons (Fsp3) is 0. The van der Waals surface area contributed by atoms with Gasteiger partial charge in [-0.3, -0.25) is 0 Å². The number of H-pyrrole nitrogens is 1. The van der Waals surface area contributed by atoms with Gasteiger partial charge in [0.05, 0.1) is 5.69 Å². The van der Waals surface area contributed by atoms with Crippen LogP contribution in [0.25, 0.3) is 44.8 Å². The molecule has 0 radical (unpaired) electrons. The number of aromatic amines is 1. The highest BCUT2D eigenvalue weighted by molar-refractivity contribution is 6.31. The van der Waals surface area contributed by atoms with Crippen LogP contribution in [-0.4, -0.2) is 45.1 Å². The largest absolute Gasteiger partial charge is 0.354 e. The average molecular weight is 413 g/mol. The lowest BCUT2D eigenvalue weighted by Gasteiger charge is -2.09. The van der Waals surface area contributed by atoms with Crippen molar-refractivity contribution in [2.24, 2.45) is 0 Å². The van der Waals surface area contributed by atoms with Crippen LogP contribution in [0.15, 0.2) is 48.5 Å². The molecule has 0 unspecified atom stereocenters. The Morgan fingerprint density at radius 1 is 0.967 bits per heavy atom. The Bertz CT molecular complexity index is 1620. The Morgan fingerprint density at radius 3 is 2.60 bits per heavy atom. The molecular formula is C19H9ClN10. The summed E-state index contributed by atoms with van der Waals surface area (Å²) in [4.78, 5) is 3.45. The van der Waals surface area contributed by atoms with Gasteiger partial charge in [-0.1, -0.05) is 47.0 Å². The number of hydrogen-bond donors (Lipinski definition) is 1. The number of halogens is 1. The smallest absolute Gasteiger partial charge is 0.278 e. The molecule has 0 aliphatic rings. The van der Waals surface area contributed by atoms with Crippen molar-refractivity contribution in [2.75, 3.05) is 0 Å². The molecule has 30 heavy (non-hydrogen) atoms. The van der Waals surface area contributed by atoms with E-state index >= 15 is 0 Å². The molecule has 0 aliphatic heterocycles. The fourth-order valence-electron chi connectivity index (χ4n) is 3.71. The van der Waals surface area contributed by atoms with E-state index in [0.29, 0.717) is 16.5 Å². The first kappa shape index (κ1) is 16.6. The number of rotatable bonds is 2. The van der Waals surface area contributed by atoms with Gasteiger partial charge in [-0.15, -0.1) is 5.10 Å². The highest BCUT2D eigenvalue weighted by Crippen LogP contribution is 2.41. The predicted molar refractivity (Wildman–Crippen MR) is 108 cm³/mol. The molecule has 10 nitrogen and oxygen atoms in total. The zero-order valence-electron chi connectivity index (χ0n) is 15.0. The summed E-state index contributed by atoms with van der Waals surface area (Å²) in [5.74, 6) is 0.291. The molecule has 0 saturated heterocycles. The summed E-state index contributed by atoms with van der Waals surface area (Å²) < 4.78 is 2.81. The van der Waals surface area contributed by atoms with Crippen molar-refractivity contribution in [1.29, 1.82) is 5.26 Å². The van der Waals surface area contributed by atoms with E-state index in [1.54, 1.807) is 0 Å². The second kappa shape index (κ2) is 6.07. The molecule has 1 N–H and O–H groups in total. The van der Waals surface area contributed by atoms with Crippen molar-refractivity contribution < 1.29 is 0 Å². The Kier molecular flexibility index (Phi) is 3.35. The normalized spacial score (nSPS) is 11.5. The van der Waals surface area contributed by atoms with Crippen LogP contribution in [0.1, 0.15) is 5.56 Å². The quantitative estimate of drug-likeness (QED) is 0.463. The van der Waals surface area contributed by atoms with Gasteiger partial charge in [0, 0.05) is 21.5 Å². The molecule has 0 aliphatic carbocycles. The van der Waals surface area contributed by atoms with Crippen LogP contribution >= 0.6 is 11.6 Å². The van der Waals surface area contributed by atoms with E-state index in [1.807, 2.05) is 48.5 Å². The standard InChI is InChI=1S/C19H9ClN10/c20-11-6-7-14-12(8-11)15(16(22-14)10-4-2-1-3-5-10)17-13(9-21)18-23-25-28-30(18)19-24-26-27-29(17)19/h1-8,22H. The summed E-state index contributed by atoms with van der Waals surface area (Å²) in [6.07, 6.45) is 0. The van der Waals surface area contributed by atoms with Gasteiger partial charge in [0.15, 0.2) is 0 Å². The van der Waals surface area contributed by atoms with Crippen LogP contribution in [0, 0.1) is 11.3 Å². The van der Waals surface area contributed by atoms with E-state index in [-0.39, 0.29) is 11.2 Å². The lowest BCUT2D eigenvalue weighted by molar-refractivity contribution is 0.801. The topological polar surface area (TPSA) is 126 Å². The van der Waals surface area contributed by atoms with Gasteiger partial charge >= 0.3 is 0 Å². The average Bonchev–Trinajstić information content (AvgIpc) is 3.50. The number of tetrazole rings is 2. The van der Waals surface area contributed by atoms with Gasteiger partial charge in [-0.25, -0.2) is 0 Å². The maximum atomic E-state index is 10.0. The molecule has 0 saturated carbocycles. The van der Waals surface area contributed by atoms with Gasteiger partial charge in [-0.05, 0) is 44.6 Å². The molecule has 2 aromatic carbocycles. The summed E-state index contributed by atoms with van der Waals surface area (Å²) in [5.41, 5.74) is 4.33. The van der Waals surface area contributed by atoms with E-state index in [4.69, 9.17) is 11.6 Å². The van der Waals surface area contributed by atoms with Crippen LogP contribution in [0.5, 0.6) is 0 Å². The van der Waals surface area contributed by atoms with Crippen molar-refractivity contribution in [3.8, 4) is 28.6 Å². The number of hydrogen-bond acceptors (Lipinski definition) is 7. The summed E-state index contributed by atoms with van der Waals surface area (Å²) in [6, 6.07) is 17.6. The van der Waals surface area contributed by atoms with Gasteiger partial charge < -0.3 is 4.98 Å². The van der Waals surface area contributed by atoms with Crippen LogP contribution in [0.4, 0.5) is 0 Å². The fourth-order valence-corrected chi connectivity index (χ4v) is 3.89. The molecular weight excluding hydrogens is 404 g/mol. The third-order valence-corrected chi connectivity index (χ3v) is 5.19. The van der Waals surface area contributed by atoms with E-state index in [2.05, 4.69) is 42.1 Å². The number of aromatic nitrogens is 9. The van der Waals surface area contributed by atoms with Crippen LogP contribution in [0.2, 0.25) is 5.02 Å². The molecule has 6 aromatic rings. The third kappa shape index (κ3) is 2.17. The minimum atomic E-state index is 0.248. The molecule has 6 rings (SSSR count). The minimum Gasteiger partial charge on any atom is -0.354 e. The first-order valence-corrected chi connectivity index (χ1v) is 9.23. The molecule has 4 aromatic heterocycles. The molecule has 11 heteroatoms. The van der Waals surface area contributed by atoms with E-state index in [1.165, 1.54) is 9.03 Å². The van der Waals surface area contributed by atoms with Gasteiger partial charge in [0.25, 0.3) is 5.78 Å². The number of nitriles is 1.